The number of benzene rings is 2. The highest BCUT2D eigenvalue weighted by atomic mass is 32.1. The molecule has 0 bridgehead atoms. The van der Waals surface area contributed by atoms with Crippen molar-refractivity contribution in [3.63, 3.8) is 0 Å². The third-order valence-electron chi connectivity index (χ3n) is 3.43. The van der Waals surface area contributed by atoms with Crippen LogP contribution < -0.4 is 20.2 Å². The second-order valence-electron chi connectivity index (χ2n) is 5.11. The molecular weight excluding hydrogens is 322 g/mol. The van der Waals surface area contributed by atoms with Gasteiger partial charge in [-0.2, -0.15) is 5.10 Å². The van der Waals surface area contributed by atoms with Gasteiger partial charge in [0.2, 0.25) is 0 Å². The van der Waals surface area contributed by atoms with Crippen LogP contribution in [0, 0.1) is 0 Å². The molecule has 0 aliphatic carbocycles. The van der Waals surface area contributed by atoms with E-state index >= 15 is 0 Å². The van der Waals surface area contributed by atoms with Crippen molar-refractivity contribution in [1.82, 2.24) is 5.43 Å². The predicted molar refractivity (Wildman–Crippen MR) is 102 cm³/mol. The molecule has 2 N–H and O–H groups in total. The van der Waals surface area contributed by atoms with Crippen LogP contribution in [0.2, 0.25) is 0 Å². The van der Waals surface area contributed by atoms with Crippen LogP contribution in [0.15, 0.2) is 53.6 Å². The molecule has 0 spiro atoms. The molecule has 0 aliphatic rings. The molecule has 0 unspecified atom stereocenters. The number of thiocarbonyl (C=S) groups is 1. The second kappa shape index (κ2) is 8.88. The van der Waals surface area contributed by atoms with Gasteiger partial charge in [-0.05, 0) is 29.9 Å². The summed E-state index contributed by atoms with van der Waals surface area (Å²) in [4.78, 5) is 0. The summed E-state index contributed by atoms with van der Waals surface area (Å²) < 4.78 is 10.5. The van der Waals surface area contributed by atoms with Gasteiger partial charge in [0.1, 0.15) is 0 Å². The second-order valence-corrected chi connectivity index (χ2v) is 5.52. The number of hydrazone groups is 1. The molecule has 24 heavy (non-hydrogen) atoms. The van der Waals surface area contributed by atoms with Crippen LogP contribution in [0.5, 0.6) is 11.5 Å². The Bertz CT molecular complexity index is 705. The van der Waals surface area contributed by atoms with E-state index in [0.717, 1.165) is 5.69 Å². The maximum atomic E-state index is 5.26. The molecular formula is C18H21N3O2S. The number of nitrogens with one attached hydrogen (secondary N) is 2. The molecule has 0 fully saturated rings. The third kappa shape index (κ3) is 4.96. The topological polar surface area (TPSA) is 54.9 Å². The molecule has 6 heteroatoms. The molecule has 0 aliphatic heterocycles. The Morgan fingerprint density at radius 1 is 1.08 bits per heavy atom. The molecule has 0 heterocycles. The fourth-order valence-corrected chi connectivity index (χ4v) is 2.29. The minimum absolute atomic E-state index is 0.197. The van der Waals surface area contributed by atoms with Gasteiger partial charge < -0.3 is 14.8 Å². The van der Waals surface area contributed by atoms with Crippen LogP contribution in [-0.4, -0.2) is 25.5 Å². The van der Waals surface area contributed by atoms with Gasteiger partial charge in [-0.1, -0.05) is 37.3 Å². The monoisotopic (exact) mass is 343 g/mol. The Labute approximate surface area is 147 Å². The molecule has 0 saturated heterocycles. The zero-order chi connectivity index (χ0) is 17.4. The van der Waals surface area contributed by atoms with Crippen LogP contribution in [0.25, 0.3) is 0 Å². The number of anilines is 1. The minimum Gasteiger partial charge on any atom is -0.493 e. The van der Waals surface area contributed by atoms with E-state index in [4.69, 9.17) is 21.7 Å². The van der Waals surface area contributed by atoms with Crippen molar-refractivity contribution in [1.29, 1.82) is 0 Å². The van der Waals surface area contributed by atoms with E-state index in [1.54, 1.807) is 14.2 Å². The maximum absolute atomic E-state index is 5.26. The summed E-state index contributed by atoms with van der Waals surface area (Å²) in [6.07, 6.45) is 1.82. The molecule has 5 nitrogen and oxygen atoms in total. The Kier molecular flexibility index (Phi) is 6.57. The molecule has 0 radical (unpaired) electrons. The van der Waals surface area contributed by atoms with E-state index in [-0.39, 0.29) is 5.92 Å². The number of methoxy groups -OCH3 is 2. The fourth-order valence-electron chi connectivity index (χ4n) is 2.12. The zero-order valence-electron chi connectivity index (χ0n) is 13.9. The van der Waals surface area contributed by atoms with Gasteiger partial charge in [-0.25, -0.2) is 0 Å². The number of rotatable bonds is 6. The maximum Gasteiger partial charge on any atom is 0.191 e. The van der Waals surface area contributed by atoms with Gasteiger partial charge >= 0.3 is 0 Å². The summed E-state index contributed by atoms with van der Waals surface area (Å²) in [5, 5.41) is 7.64. The third-order valence-corrected chi connectivity index (χ3v) is 3.62. The molecule has 2 rings (SSSR count). The van der Waals surface area contributed by atoms with E-state index in [0.29, 0.717) is 16.6 Å². The first-order chi connectivity index (χ1) is 11.6. The van der Waals surface area contributed by atoms with Crippen molar-refractivity contribution in [3.8, 4) is 11.5 Å². The first kappa shape index (κ1) is 17.7. The normalized spacial score (nSPS) is 11.8. The van der Waals surface area contributed by atoms with Crippen LogP contribution >= 0.6 is 12.2 Å². The number of nitrogens with zero attached hydrogens (tertiary/aromatic N) is 1. The standard InChI is InChI=1S/C18H21N3O2S/c1-13(14-7-5-4-6-8-14)12-19-21-18(24)20-15-9-10-16(22-2)17(11-15)23-3/h4-13H,1-3H3,(H2,20,21,24)/b19-12-/t13-/m1/s1. The summed E-state index contributed by atoms with van der Waals surface area (Å²) in [5.41, 5.74) is 4.80. The van der Waals surface area contributed by atoms with Gasteiger partial charge in [0.05, 0.1) is 14.2 Å². The van der Waals surface area contributed by atoms with Crippen LogP contribution in [0.3, 0.4) is 0 Å². The van der Waals surface area contributed by atoms with Crippen LogP contribution in [0.1, 0.15) is 18.4 Å². The average Bonchev–Trinajstić information content (AvgIpc) is 2.62. The van der Waals surface area contributed by atoms with Crippen molar-refractivity contribution >= 4 is 29.2 Å². The van der Waals surface area contributed by atoms with Crippen molar-refractivity contribution in [2.24, 2.45) is 5.10 Å². The highest BCUT2D eigenvalue weighted by molar-refractivity contribution is 7.80. The van der Waals surface area contributed by atoms with Crippen LogP contribution in [0.4, 0.5) is 5.69 Å². The Morgan fingerprint density at radius 2 is 1.79 bits per heavy atom. The lowest BCUT2D eigenvalue weighted by Gasteiger charge is -2.11. The highest BCUT2D eigenvalue weighted by Gasteiger charge is 2.05. The molecule has 2 aromatic rings. The molecule has 1 atom stereocenters. The van der Waals surface area contributed by atoms with E-state index in [1.165, 1.54) is 5.56 Å². The number of hydrogen-bond donors (Lipinski definition) is 2. The van der Waals surface area contributed by atoms with E-state index in [9.17, 15) is 0 Å². The first-order valence-electron chi connectivity index (χ1n) is 7.51. The number of hydrogen-bond acceptors (Lipinski definition) is 4. The number of ether oxygens (including phenoxy) is 2. The SMILES string of the molecule is COc1ccc(NC(=S)N/N=C\[C@@H](C)c2ccccc2)cc1OC. The Hall–Kier alpha value is -2.60. The smallest absolute Gasteiger partial charge is 0.191 e. The van der Waals surface area contributed by atoms with Gasteiger partial charge in [0.15, 0.2) is 16.6 Å². The summed E-state index contributed by atoms with van der Waals surface area (Å²) in [6.45, 7) is 2.07. The first-order valence-corrected chi connectivity index (χ1v) is 7.92. The van der Waals surface area contributed by atoms with Gasteiger partial charge in [-0.15, -0.1) is 0 Å². The molecule has 0 aromatic heterocycles. The van der Waals surface area contributed by atoms with Crippen molar-refractivity contribution in [2.75, 3.05) is 19.5 Å². The van der Waals surface area contributed by atoms with E-state index in [2.05, 4.69) is 34.9 Å². The van der Waals surface area contributed by atoms with Gasteiger partial charge in [-0.3, -0.25) is 5.43 Å². The summed E-state index contributed by atoms with van der Waals surface area (Å²) >= 11 is 5.24. The molecule has 2 aromatic carbocycles. The largest absolute Gasteiger partial charge is 0.493 e. The average molecular weight is 343 g/mol. The zero-order valence-corrected chi connectivity index (χ0v) is 14.8. The summed E-state index contributed by atoms with van der Waals surface area (Å²) in [7, 11) is 3.19. The lowest BCUT2D eigenvalue weighted by Crippen LogP contribution is -2.24. The lowest BCUT2D eigenvalue weighted by molar-refractivity contribution is 0.355. The van der Waals surface area contributed by atoms with Crippen molar-refractivity contribution in [2.45, 2.75) is 12.8 Å². The Morgan fingerprint density at radius 3 is 2.46 bits per heavy atom. The van der Waals surface area contributed by atoms with Gasteiger partial charge in [0.25, 0.3) is 0 Å². The molecule has 0 amide bonds. The van der Waals surface area contributed by atoms with Crippen LogP contribution in [-0.2, 0) is 0 Å². The highest BCUT2D eigenvalue weighted by Crippen LogP contribution is 2.29. The van der Waals surface area contributed by atoms with Crippen molar-refractivity contribution in [3.05, 3.63) is 54.1 Å². The quantitative estimate of drug-likeness (QED) is 0.475. The summed E-state index contributed by atoms with van der Waals surface area (Å²) in [5.74, 6) is 1.49. The molecule has 0 saturated carbocycles. The summed E-state index contributed by atoms with van der Waals surface area (Å²) in [6, 6.07) is 15.6. The van der Waals surface area contributed by atoms with E-state index < -0.39 is 0 Å². The lowest BCUT2D eigenvalue weighted by atomic mass is 10.0. The van der Waals surface area contributed by atoms with Gasteiger partial charge in [0, 0.05) is 23.9 Å². The minimum atomic E-state index is 0.197. The Balaban J connectivity index is 1.90. The fraction of sp³-hybridized carbons (Fsp3) is 0.222. The predicted octanol–water partition coefficient (Wildman–Crippen LogP) is 3.78. The molecule has 126 valence electrons. The van der Waals surface area contributed by atoms with E-state index in [1.807, 2.05) is 42.6 Å². The van der Waals surface area contributed by atoms with Crippen molar-refractivity contribution < 1.29 is 9.47 Å².